The normalized spacial score (nSPS) is 11.4. The molecule has 0 aliphatic rings. The first kappa shape index (κ1) is 19.0. The van der Waals surface area contributed by atoms with E-state index in [2.05, 4.69) is 10.6 Å². The zero-order valence-corrected chi connectivity index (χ0v) is 14.2. The molecule has 1 unspecified atom stereocenters. The highest BCUT2D eigenvalue weighted by molar-refractivity contribution is 7.98. The average Bonchev–Trinajstić information content (AvgIpc) is 2.55. The second-order valence-electron chi connectivity index (χ2n) is 4.69. The number of carbonyl (C=O) groups excluding carboxylic acids is 1. The van der Waals surface area contributed by atoms with Gasteiger partial charge in [0, 0.05) is 6.54 Å². The van der Waals surface area contributed by atoms with E-state index in [4.69, 9.17) is 14.6 Å². The van der Waals surface area contributed by atoms with Crippen molar-refractivity contribution in [3.05, 3.63) is 23.8 Å². The molecule has 0 bridgehead atoms. The number of thioether (sulfide) groups is 1. The van der Waals surface area contributed by atoms with Crippen molar-refractivity contribution in [1.29, 1.82) is 0 Å². The molecule has 0 heterocycles. The monoisotopic (exact) mass is 342 g/mol. The number of hydrogen-bond donors (Lipinski definition) is 3. The highest BCUT2D eigenvalue weighted by Crippen LogP contribution is 2.27. The molecule has 8 heteroatoms. The van der Waals surface area contributed by atoms with Crippen LogP contribution in [0.5, 0.6) is 11.5 Å². The SMILES string of the molecule is COc1ccc(CNC(=O)C(CCSC)NC(=O)O)cc1OC. The molecular weight excluding hydrogens is 320 g/mol. The predicted molar refractivity (Wildman–Crippen MR) is 89.3 cm³/mol. The molecule has 3 N–H and O–H groups in total. The Morgan fingerprint density at radius 2 is 1.96 bits per heavy atom. The van der Waals surface area contributed by atoms with E-state index in [1.807, 2.05) is 12.3 Å². The van der Waals surface area contributed by atoms with Crippen LogP contribution in [0.4, 0.5) is 4.79 Å². The molecule has 0 fully saturated rings. The lowest BCUT2D eigenvalue weighted by atomic mass is 10.1. The van der Waals surface area contributed by atoms with E-state index in [1.54, 1.807) is 31.0 Å². The molecule has 0 spiro atoms. The third-order valence-electron chi connectivity index (χ3n) is 3.14. The summed E-state index contributed by atoms with van der Waals surface area (Å²) in [6, 6.07) is 4.56. The molecule has 1 aromatic carbocycles. The predicted octanol–water partition coefficient (Wildman–Crippen LogP) is 1.71. The van der Waals surface area contributed by atoms with Crippen molar-refractivity contribution < 1.29 is 24.2 Å². The van der Waals surface area contributed by atoms with Crippen molar-refractivity contribution >= 4 is 23.8 Å². The Labute approximate surface area is 139 Å². The Morgan fingerprint density at radius 3 is 2.52 bits per heavy atom. The Hall–Kier alpha value is -2.09. The summed E-state index contributed by atoms with van der Waals surface area (Å²) in [6.45, 7) is 0.274. The minimum absolute atomic E-state index is 0.274. The van der Waals surface area contributed by atoms with Crippen LogP contribution in [0.15, 0.2) is 18.2 Å². The van der Waals surface area contributed by atoms with Crippen LogP contribution in [0, 0.1) is 0 Å². The summed E-state index contributed by atoms with van der Waals surface area (Å²) in [5.74, 6) is 1.51. The molecule has 0 aromatic heterocycles. The molecule has 23 heavy (non-hydrogen) atoms. The summed E-state index contributed by atoms with van der Waals surface area (Å²) in [4.78, 5) is 22.9. The molecule has 1 rings (SSSR count). The first-order valence-corrected chi connectivity index (χ1v) is 8.38. The number of methoxy groups -OCH3 is 2. The van der Waals surface area contributed by atoms with Gasteiger partial charge in [-0.2, -0.15) is 11.8 Å². The lowest BCUT2D eigenvalue weighted by Crippen LogP contribution is -2.46. The molecule has 0 saturated heterocycles. The van der Waals surface area contributed by atoms with E-state index >= 15 is 0 Å². The van der Waals surface area contributed by atoms with Gasteiger partial charge < -0.3 is 25.2 Å². The summed E-state index contributed by atoms with van der Waals surface area (Å²) in [5.41, 5.74) is 0.829. The van der Waals surface area contributed by atoms with Gasteiger partial charge in [-0.05, 0) is 36.1 Å². The van der Waals surface area contributed by atoms with Crippen LogP contribution in [0.1, 0.15) is 12.0 Å². The summed E-state index contributed by atoms with van der Waals surface area (Å²) >= 11 is 1.55. The third-order valence-corrected chi connectivity index (χ3v) is 3.78. The summed E-state index contributed by atoms with van der Waals surface area (Å²) in [7, 11) is 3.09. The van der Waals surface area contributed by atoms with Crippen molar-refractivity contribution in [3.8, 4) is 11.5 Å². The number of rotatable bonds is 9. The van der Waals surface area contributed by atoms with Crippen LogP contribution >= 0.6 is 11.8 Å². The number of carbonyl (C=O) groups is 2. The van der Waals surface area contributed by atoms with Crippen LogP contribution < -0.4 is 20.1 Å². The van der Waals surface area contributed by atoms with Gasteiger partial charge >= 0.3 is 6.09 Å². The van der Waals surface area contributed by atoms with Gasteiger partial charge in [0.25, 0.3) is 0 Å². The summed E-state index contributed by atoms with van der Waals surface area (Å²) in [6.07, 6.45) is 1.13. The number of benzene rings is 1. The number of ether oxygens (including phenoxy) is 2. The third kappa shape index (κ3) is 6.27. The Balaban J connectivity index is 2.67. The van der Waals surface area contributed by atoms with Crippen molar-refractivity contribution in [3.63, 3.8) is 0 Å². The van der Waals surface area contributed by atoms with Gasteiger partial charge in [-0.15, -0.1) is 0 Å². The van der Waals surface area contributed by atoms with Gasteiger partial charge in [0.2, 0.25) is 5.91 Å². The van der Waals surface area contributed by atoms with Crippen LogP contribution in [-0.4, -0.2) is 49.4 Å². The standard InChI is InChI=1S/C15H22N2O5S/c1-21-12-5-4-10(8-13(12)22-2)9-16-14(18)11(6-7-23-3)17-15(19)20/h4-5,8,11,17H,6-7,9H2,1-3H3,(H,16,18)(H,19,20). The maximum Gasteiger partial charge on any atom is 0.405 e. The molecule has 0 aliphatic carbocycles. The lowest BCUT2D eigenvalue weighted by molar-refractivity contribution is -0.123. The molecule has 2 amide bonds. The number of hydrogen-bond acceptors (Lipinski definition) is 5. The van der Waals surface area contributed by atoms with E-state index in [1.165, 1.54) is 7.11 Å². The first-order chi connectivity index (χ1) is 11.0. The fourth-order valence-corrected chi connectivity index (χ4v) is 2.43. The van der Waals surface area contributed by atoms with Gasteiger partial charge in [-0.3, -0.25) is 4.79 Å². The van der Waals surface area contributed by atoms with Crippen molar-refractivity contribution in [2.75, 3.05) is 26.2 Å². The van der Waals surface area contributed by atoms with Crippen LogP contribution in [0.2, 0.25) is 0 Å². The first-order valence-electron chi connectivity index (χ1n) is 6.98. The molecule has 7 nitrogen and oxygen atoms in total. The summed E-state index contributed by atoms with van der Waals surface area (Å²) < 4.78 is 10.4. The maximum atomic E-state index is 12.1. The van der Waals surface area contributed by atoms with E-state index < -0.39 is 12.1 Å². The Morgan fingerprint density at radius 1 is 1.26 bits per heavy atom. The van der Waals surface area contributed by atoms with E-state index in [0.717, 1.165) is 5.56 Å². The van der Waals surface area contributed by atoms with Crippen LogP contribution in [0.25, 0.3) is 0 Å². The molecule has 0 radical (unpaired) electrons. The van der Waals surface area contributed by atoms with Crippen LogP contribution in [-0.2, 0) is 11.3 Å². The second-order valence-corrected chi connectivity index (χ2v) is 5.68. The van der Waals surface area contributed by atoms with E-state index in [9.17, 15) is 9.59 Å². The van der Waals surface area contributed by atoms with Crippen LogP contribution in [0.3, 0.4) is 0 Å². The van der Waals surface area contributed by atoms with Crippen molar-refractivity contribution in [2.24, 2.45) is 0 Å². The quantitative estimate of drug-likeness (QED) is 0.632. The molecule has 0 aliphatic heterocycles. The smallest absolute Gasteiger partial charge is 0.405 e. The van der Waals surface area contributed by atoms with Crippen molar-refractivity contribution in [2.45, 2.75) is 19.0 Å². The van der Waals surface area contributed by atoms with Gasteiger partial charge in [-0.25, -0.2) is 4.79 Å². The topological polar surface area (TPSA) is 96.9 Å². The van der Waals surface area contributed by atoms with Gasteiger partial charge in [0.1, 0.15) is 6.04 Å². The molecular formula is C15H22N2O5S. The minimum Gasteiger partial charge on any atom is -0.493 e. The fourth-order valence-electron chi connectivity index (χ4n) is 1.96. The molecule has 1 atom stereocenters. The highest BCUT2D eigenvalue weighted by Gasteiger charge is 2.19. The zero-order valence-electron chi connectivity index (χ0n) is 13.4. The molecule has 1 aromatic rings. The minimum atomic E-state index is -1.21. The number of carboxylic acid groups (broad SMARTS) is 1. The largest absolute Gasteiger partial charge is 0.493 e. The fraction of sp³-hybridized carbons (Fsp3) is 0.467. The highest BCUT2D eigenvalue weighted by atomic mass is 32.2. The molecule has 0 saturated carbocycles. The maximum absolute atomic E-state index is 12.1. The zero-order chi connectivity index (χ0) is 17.2. The van der Waals surface area contributed by atoms with E-state index in [0.29, 0.717) is 23.7 Å². The Bertz CT molecular complexity index is 539. The van der Waals surface area contributed by atoms with E-state index in [-0.39, 0.29) is 12.5 Å². The summed E-state index contributed by atoms with van der Waals surface area (Å²) in [5, 5.41) is 13.8. The van der Waals surface area contributed by atoms with Crippen molar-refractivity contribution in [1.82, 2.24) is 10.6 Å². The van der Waals surface area contributed by atoms with Gasteiger partial charge in [-0.1, -0.05) is 6.07 Å². The Kier molecular flexibility index (Phi) is 8.10. The number of nitrogens with one attached hydrogen (secondary N) is 2. The number of amides is 2. The van der Waals surface area contributed by atoms with Gasteiger partial charge in [0.15, 0.2) is 11.5 Å². The van der Waals surface area contributed by atoms with Gasteiger partial charge in [0.05, 0.1) is 14.2 Å². The lowest BCUT2D eigenvalue weighted by Gasteiger charge is -2.16. The second kappa shape index (κ2) is 9.83. The molecule has 128 valence electrons. The average molecular weight is 342 g/mol.